The van der Waals surface area contributed by atoms with Gasteiger partial charge in [0.05, 0.1) is 5.02 Å². The van der Waals surface area contributed by atoms with Crippen molar-refractivity contribution in [1.29, 1.82) is 0 Å². The van der Waals surface area contributed by atoms with Gasteiger partial charge in [-0.3, -0.25) is 9.59 Å². The highest BCUT2D eigenvalue weighted by atomic mass is 35.5. The second-order valence-electron chi connectivity index (χ2n) is 5.34. The Balaban J connectivity index is 1.94. The van der Waals surface area contributed by atoms with Crippen molar-refractivity contribution in [3.8, 4) is 5.75 Å². The molecular formula is C15H18Cl2N2O3. The lowest BCUT2D eigenvalue weighted by Crippen LogP contribution is -2.46. The molecule has 2 rings (SSSR count). The van der Waals surface area contributed by atoms with Gasteiger partial charge in [-0.1, -0.05) is 23.2 Å². The zero-order valence-electron chi connectivity index (χ0n) is 12.2. The van der Waals surface area contributed by atoms with Crippen LogP contribution < -0.4 is 10.5 Å². The Bertz CT molecular complexity index is 572. The maximum Gasteiger partial charge on any atom is 0.263 e. The van der Waals surface area contributed by atoms with E-state index in [0.29, 0.717) is 41.7 Å². The summed E-state index contributed by atoms with van der Waals surface area (Å²) < 4.78 is 5.62. The first-order valence-corrected chi connectivity index (χ1v) is 7.84. The SMILES string of the molecule is C[C@H](Oc1ccc(Cl)cc1Cl)C(=O)N1CCC(C(N)=O)CC1. The summed E-state index contributed by atoms with van der Waals surface area (Å²) in [5.74, 6) is -0.164. The second-order valence-corrected chi connectivity index (χ2v) is 6.18. The third-order valence-electron chi connectivity index (χ3n) is 3.75. The number of carbonyl (C=O) groups is 2. The molecule has 1 aliphatic heterocycles. The highest BCUT2D eigenvalue weighted by molar-refractivity contribution is 6.35. The van der Waals surface area contributed by atoms with Crippen molar-refractivity contribution in [1.82, 2.24) is 4.90 Å². The summed E-state index contributed by atoms with van der Waals surface area (Å²) in [6, 6.07) is 4.85. The molecule has 0 unspecified atom stereocenters. The van der Waals surface area contributed by atoms with E-state index >= 15 is 0 Å². The number of primary amides is 1. The fourth-order valence-corrected chi connectivity index (χ4v) is 2.91. The van der Waals surface area contributed by atoms with E-state index in [1.165, 1.54) is 0 Å². The van der Waals surface area contributed by atoms with Crippen molar-refractivity contribution in [2.24, 2.45) is 11.7 Å². The van der Waals surface area contributed by atoms with Gasteiger partial charge in [0.1, 0.15) is 5.75 Å². The van der Waals surface area contributed by atoms with Crippen LogP contribution >= 0.6 is 23.2 Å². The quantitative estimate of drug-likeness (QED) is 0.911. The molecule has 0 saturated carbocycles. The van der Waals surface area contributed by atoms with Gasteiger partial charge in [0.2, 0.25) is 5.91 Å². The van der Waals surface area contributed by atoms with Gasteiger partial charge >= 0.3 is 0 Å². The minimum absolute atomic E-state index is 0.131. The number of carbonyl (C=O) groups excluding carboxylic acids is 2. The molecule has 0 bridgehead atoms. The van der Waals surface area contributed by atoms with E-state index < -0.39 is 6.10 Å². The van der Waals surface area contributed by atoms with Crippen LogP contribution in [0.4, 0.5) is 0 Å². The highest BCUT2D eigenvalue weighted by Gasteiger charge is 2.29. The van der Waals surface area contributed by atoms with Crippen LogP contribution in [0.25, 0.3) is 0 Å². The van der Waals surface area contributed by atoms with E-state index in [1.54, 1.807) is 30.0 Å². The predicted octanol–water partition coefficient (Wildman–Crippen LogP) is 2.48. The van der Waals surface area contributed by atoms with Crippen LogP contribution in [0.3, 0.4) is 0 Å². The third-order valence-corrected chi connectivity index (χ3v) is 4.28. The number of ether oxygens (including phenoxy) is 1. The molecule has 5 nitrogen and oxygen atoms in total. The largest absolute Gasteiger partial charge is 0.479 e. The highest BCUT2D eigenvalue weighted by Crippen LogP contribution is 2.28. The van der Waals surface area contributed by atoms with Crippen molar-refractivity contribution in [3.05, 3.63) is 28.2 Å². The average Bonchev–Trinajstić information content (AvgIpc) is 2.49. The second kappa shape index (κ2) is 7.20. The van der Waals surface area contributed by atoms with E-state index in [4.69, 9.17) is 33.7 Å². The number of amides is 2. The molecule has 1 fully saturated rings. The number of benzene rings is 1. The van der Waals surface area contributed by atoms with Gasteiger partial charge in [0.15, 0.2) is 6.10 Å². The van der Waals surface area contributed by atoms with Crippen LogP contribution in [-0.4, -0.2) is 35.9 Å². The molecule has 1 atom stereocenters. The molecule has 1 aromatic rings. The molecule has 0 radical (unpaired) electrons. The molecule has 0 aliphatic carbocycles. The van der Waals surface area contributed by atoms with Crippen molar-refractivity contribution in [2.75, 3.05) is 13.1 Å². The van der Waals surface area contributed by atoms with Crippen LogP contribution in [0.2, 0.25) is 10.0 Å². The summed E-state index contributed by atoms with van der Waals surface area (Å²) in [7, 11) is 0. The molecular weight excluding hydrogens is 327 g/mol. The Kier molecular flexibility index (Phi) is 5.53. The number of hydrogen-bond donors (Lipinski definition) is 1. The summed E-state index contributed by atoms with van der Waals surface area (Å²) >= 11 is 11.9. The van der Waals surface area contributed by atoms with E-state index in [1.807, 2.05) is 0 Å². The Morgan fingerprint density at radius 3 is 2.50 bits per heavy atom. The van der Waals surface area contributed by atoms with E-state index in [0.717, 1.165) is 0 Å². The van der Waals surface area contributed by atoms with Crippen molar-refractivity contribution >= 4 is 35.0 Å². The van der Waals surface area contributed by atoms with Gasteiger partial charge < -0.3 is 15.4 Å². The Morgan fingerprint density at radius 1 is 1.32 bits per heavy atom. The maximum atomic E-state index is 12.4. The third kappa shape index (κ3) is 4.05. The maximum absolute atomic E-state index is 12.4. The first-order valence-electron chi connectivity index (χ1n) is 7.08. The first-order chi connectivity index (χ1) is 10.4. The summed E-state index contributed by atoms with van der Waals surface area (Å²) in [5, 5.41) is 0.865. The molecule has 22 heavy (non-hydrogen) atoms. The summed E-state index contributed by atoms with van der Waals surface area (Å²) in [4.78, 5) is 25.2. The smallest absolute Gasteiger partial charge is 0.263 e. The fraction of sp³-hybridized carbons (Fsp3) is 0.467. The van der Waals surface area contributed by atoms with E-state index in [-0.39, 0.29) is 17.7 Å². The van der Waals surface area contributed by atoms with Gasteiger partial charge in [-0.25, -0.2) is 0 Å². The van der Waals surface area contributed by atoms with Gasteiger partial charge in [0.25, 0.3) is 5.91 Å². The molecule has 0 aromatic heterocycles. The number of piperidine rings is 1. The van der Waals surface area contributed by atoms with Crippen molar-refractivity contribution in [2.45, 2.75) is 25.9 Å². The average molecular weight is 345 g/mol. The standard InChI is InChI=1S/C15H18Cl2N2O3/c1-9(22-13-3-2-11(16)8-12(13)17)15(21)19-6-4-10(5-7-19)14(18)20/h2-3,8-10H,4-7H2,1H3,(H2,18,20)/t9-/m0/s1. The monoisotopic (exact) mass is 344 g/mol. The van der Waals surface area contributed by atoms with Crippen LogP contribution in [0.15, 0.2) is 18.2 Å². The topological polar surface area (TPSA) is 72.6 Å². The van der Waals surface area contributed by atoms with Crippen LogP contribution in [-0.2, 0) is 9.59 Å². The zero-order chi connectivity index (χ0) is 16.3. The van der Waals surface area contributed by atoms with E-state index in [9.17, 15) is 9.59 Å². The lowest BCUT2D eigenvalue weighted by atomic mass is 9.96. The number of nitrogens with zero attached hydrogens (tertiary/aromatic N) is 1. The van der Waals surface area contributed by atoms with Crippen LogP contribution in [0.1, 0.15) is 19.8 Å². The number of hydrogen-bond acceptors (Lipinski definition) is 3. The molecule has 2 N–H and O–H groups in total. The Labute approximate surface area is 139 Å². The Morgan fingerprint density at radius 2 is 1.95 bits per heavy atom. The van der Waals surface area contributed by atoms with Gasteiger partial charge in [-0.15, -0.1) is 0 Å². The molecule has 2 amide bonds. The summed E-state index contributed by atoms with van der Waals surface area (Å²) in [6.45, 7) is 2.69. The fourth-order valence-electron chi connectivity index (χ4n) is 2.45. The minimum atomic E-state index is -0.663. The summed E-state index contributed by atoms with van der Waals surface area (Å²) in [5.41, 5.74) is 5.29. The lowest BCUT2D eigenvalue weighted by molar-refractivity contribution is -0.140. The number of nitrogens with two attached hydrogens (primary N) is 1. The van der Waals surface area contributed by atoms with Gasteiger partial charge in [0, 0.05) is 24.0 Å². The Hall–Kier alpha value is -1.46. The molecule has 1 aliphatic rings. The number of halogens is 2. The van der Waals surface area contributed by atoms with Gasteiger partial charge in [-0.2, -0.15) is 0 Å². The molecule has 1 saturated heterocycles. The van der Waals surface area contributed by atoms with E-state index in [2.05, 4.69) is 0 Å². The van der Waals surface area contributed by atoms with Gasteiger partial charge in [-0.05, 0) is 38.0 Å². The zero-order valence-corrected chi connectivity index (χ0v) is 13.7. The minimum Gasteiger partial charge on any atom is -0.479 e. The molecule has 0 spiro atoms. The molecule has 1 aromatic carbocycles. The lowest BCUT2D eigenvalue weighted by Gasteiger charge is -2.32. The van der Waals surface area contributed by atoms with Crippen molar-refractivity contribution in [3.63, 3.8) is 0 Å². The summed E-state index contributed by atoms with van der Waals surface area (Å²) in [6.07, 6.45) is 0.522. The van der Waals surface area contributed by atoms with Crippen LogP contribution in [0, 0.1) is 5.92 Å². The molecule has 1 heterocycles. The van der Waals surface area contributed by atoms with Crippen LogP contribution in [0.5, 0.6) is 5.75 Å². The predicted molar refractivity (Wildman–Crippen MR) is 85.1 cm³/mol. The molecule has 7 heteroatoms. The molecule has 120 valence electrons. The van der Waals surface area contributed by atoms with Crippen molar-refractivity contribution < 1.29 is 14.3 Å². The first kappa shape index (κ1) is 16.9. The number of rotatable bonds is 4. The normalized spacial score (nSPS) is 17.1. The number of likely N-dealkylation sites (tertiary alicyclic amines) is 1.